The van der Waals surface area contributed by atoms with Crippen molar-refractivity contribution in [2.45, 2.75) is 39.9 Å². The summed E-state index contributed by atoms with van der Waals surface area (Å²) in [7, 11) is 0. The van der Waals surface area contributed by atoms with Crippen molar-refractivity contribution in [2.75, 3.05) is 10.2 Å². The Morgan fingerprint density at radius 1 is 1.11 bits per heavy atom. The molecule has 2 aromatic heterocycles. The zero-order valence-electron chi connectivity index (χ0n) is 19.7. The maximum absolute atomic E-state index is 13.9. The highest BCUT2D eigenvalue weighted by Crippen LogP contribution is 2.31. The summed E-state index contributed by atoms with van der Waals surface area (Å²) in [5.74, 6) is -1.07. The summed E-state index contributed by atoms with van der Waals surface area (Å²) < 4.78 is 15.5. The van der Waals surface area contributed by atoms with Crippen LogP contribution >= 0.6 is 0 Å². The van der Waals surface area contributed by atoms with Gasteiger partial charge in [0.05, 0.1) is 22.9 Å². The number of carbonyl (C=O) groups is 1. The lowest BCUT2D eigenvalue weighted by molar-refractivity contribution is 0.0698. The zero-order chi connectivity index (χ0) is 24.9. The molecule has 0 fully saturated rings. The molecule has 0 saturated carbocycles. The minimum absolute atomic E-state index is 0.0355. The highest BCUT2D eigenvalue weighted by atomic mass is 19.1. The van der Waals surface area contributed by atoms with E-state index in [0.717, 1.165) is 17.7 Å². The second-order valence-corrected chi connectivity index (χ2v) is 9.02. The Morgan fingerprint density at radius 2 is 1.80 bits per heavy atom. The van der Waals surface area contributed by atoms with Crippen LogP contribution < -0.4 is 15.8 Å². The molecule has 0 spiro atoms. The van der Waals surface area contributed by atoms with E-state index in [1.165, 1.54) is 21.6 Å². The van der Waals surface area contributed by atoms with E-state index in [4.69, 9.17) is 4.98 Å². The normalized spacial score (nSPS) is 13.7. The van der Waals surface area contributed by atoms with E-state index in [2.05, 4.69) is 22.3 Å². The molecule has 1 atom stereocenters. The lowest BCUT2D eigenvalue weighted by Crippen LogP contribution is -2.27. The maximum Gasteiger partial charge on any atom is 0.337 e. The summed E-state index contributed by atoms with van der Waals surface area (Å²) in [4.78, 5) is 32.1. The molecule has 1 unspecified atom stereocenters. The Hall–Kier alpha value is -4.20. The van der Waals surface area contributed by atoms with Crippen molar-refractivity contribution in [3.8, 4) is 0 Å². The van der Waals surface area contributed by atoms with Crippen molar-refractivity contribution in [2.24, 2.45) is 0 Å². The number of nitrogens with one attached hydrogen (secondary N) is 1. The summed E-state index contributed by atoms with van der Waals surface area (Å²) in [6.45, 7) is 6.84. The molecule has 5 rings (SSSR count). The highest BCUT2D eigenvalue weighted by molar-refractivity contribution is 5.94. The van der Waals surface area contributed by atoms with Gasteiger partial charge in [-0.3, -0.25) is 9.20 Å². The average Bonchev–Trinajstić information content (AvgIpc) is 3.25. The lowest BCUT2D eigenvalue weighted by Gasteiger charge is -2.23. The second-order valence-electron chi connectivity index (χ2n) is 9.02. The van der Waals surface area contributed by atoms with Gasteiger partial charge in [0, 0.05) is 24.8 Å². The number of carboxylic acids is 1. The summed E-state index contributed by atoms with van der Waals surface area (Å²) in [5.41, 5.74) is 4.98. The molecule has 2 aromatic carbocycles. The first-order valence-electron chi connectivity index (χ1n) is 11.4. The van der Waals surface area contributed by atoms with Crippen molar-refractivity contribution in [1.29, 1.82) is 0 Å². The third kappa shape index (κ3) is 4.01. The molecule has 0 saturated heterocycles. The van der Waals surface area contributed by atoms with E-state index in [1.54, 1.807) is 13.1 Å². The second kappa shape index (κ2) is 8.54. The number of hydrogen-bond donors (Lipinski definition) is 2. The maximum atomic E-state index is 13.9. The molecule has 4 aromatic rings. The molecule has 0 aliphatic carbocycles. The van der Waals surface area contributed by atoms with Gasteiger partial charge in [-0.2, -0.15) is 0 Å². The van der Waals surface area contributed by atoms with Gasteiger partial charge in [0.1, 0.15) is 17.3 Å². The van der Waals surface area contributed by atoms with Crippen LogP contribution in [0.25, 0.3) is 5.65 Å². The third-order valence-corrected chi connectivity index (χ3v) is 6.48. The molecule has 1 aliphatic heterocycles. The molecule has 7 nitrogen and oxygen atoms in total. The quantitative estimate of drug-likeness (QED) is 0.432. The van der Waals surface area contributed by atoms with Crippen LogP contribution in [0.4, 0.5) is 15.9 Å². The predicted octanol–water partition coefficient (Wildman–Crippen LogP) is 4.84. The number of aromatic nitrogens is 2. The third-order valence-electron chi connectivity index (χ3n) is 6.48. The molecule has 0 bridgehead atoms. The van der Waals surface area contributed by atoms with Crippen LogP contribution in [0.2, 0.25) is 0 Å². The van der Waals surface area contributed by atoms with Crippen molar-refractivity contribution < 1.29 is 14.3 Å². The smallest absolute Gasteiger partial charge is 0.337 e. The Bertz CT molecular complexity index is 1520. The van der Waals surface area contributed by atoms with Crippen LogP contribution in [-0.4, -0.2) is 20.5 Å². The average molecular weight is 473 g/mol. The summed E-state index contributed by atoms with van der Waals surface area (Å²) in [6.07, 6.45) is 1.75. The molecule has 178 valence electrons. The highest BCUT2D eigenvalue weighted by Gasteiger charge is 2.25. The first kappa shape index (κ1) is 22.6. The fourth-order valence-electron chi connectivity index (χ4n) is 4.73. The van der Waals surface area contributed by atoms with Crippen molar-refractivity contribution in [3.05, 3.63) is 104 Å². The number of hydrogen-bond acceptors (Lipinski definition) is 5. The number of pyridine rings is 1. The molecule has 35 heavy (non-hydrogen) atoms. The first-order valence-corrected chi connectivity index (χ1v) is 11.4. The minimum Gasteiger partial charge on any atom is -0.478 e. The zero-order valence-corrected chi connectivity index (χ0v) is 19.7. The van der Waals surface area contributed by atoms with Crippen molar-refractivity contribution >= 4 is 23.1 Å². The Morgan fingerprint density at radius 3 is 2.46 bits per heavy atom. The molecule has 1 aliphatic rings. The van der Waals surface area contributed by atoms with Gasteiger partial charge in [-0.25, -0.2) is 14.2 Å². The van der Waals surface area contributed by atoms with Gasteiger partial charge in [0.15, 0.2) is 0 Å². The van der Waals surface area contributed by atoms with E-state index < -0.39 is 17.8 Å². The van der Waals surface area contributed by atoms with Crippen LogP contribution in [0.1, 0.15) is 51.1 Å². The standard InChI is InChI=1S/C27H25FN4O3/c1-15-10-22(17(3)29-23-11-20(28)8-9-21(23)27(34)35)25-30-24(16(2)26(33)32(25)12-15)31-13-18-6-4-5-7-19(18)14-31/h4-12,17,29H,13-14H2,1-3H3,(H,34,35). The van der Waals surface area contributed by atoms with E-state index >= 15 is 0 Å². The molecule has 2 N–H and O–H groups in total. The summed E-state index contributed by atoms with van der Waals surface area (Å²) in [6, 6.07) is 13.1. The summed E-state index contributed by atoms with van der Waals surface area (Å²) in [5, 5.41) is 12.6. The SMILES string of the molecule is Cc1cc(C(C)Nc2cc(F)ccc2C(=O)O)c2nc(N3Cc4ccccc4C3)c(C)c(=O)n2c1. The Kier molecular flexibility index (Phi) is 5.51. The van der Waals surface area contributed by atoms with E-state index in [1.807, 2.05) is 32.0 Å². The molecule has 0 amide bonds. The number of fused-ring (bicyclic) bond motifs is 2. The molecule has 0 radical (unpaired) electrons. The van der Waals surface area contributed by atoms with Crippen LogP contribution in [0.5, 0.6) is 0 Å². The largest absolute Gasteiger partial charge is 0.478 e. The van der Waals surface area contributed by atoms with E-state index in [0.29, 0.717) is 35.7 Å². The monoisotopic (exact) mass is 472 g/mol. The van der Waals surface area contributed by atoms with Gasteiger partial charge < -0.3 is 15.3 Å². The Balaban J connectivity index is 1.61. The van der Waals surface area contributed by atoms with Gasteiger partial charge in [-0.05, 0) is 61.7 Å². The topological polar surface area (TPSA) is 86.9 Å². The fraction of sp³-hybridized carbons (Fsp3) is 0.222. The van der Waals surface area contributed by atoms with Gasteiger partial charge in [-0.1, -0.05) is 24.3 Å². The van der Waals surface area contributed by atoms with Gasteiger partial charge in [0.25, 0.3) is 5.56 Å². The number of benzene rings is 2. The van der Waals surface area contributed by atoms with Gasteiger partial charge in [-0.15, -0.1) is 0 Å². The van der Waals surface area contributed by atoms with Gasteiger partial charge in [0.2, 0.25) is 0 Å². The van der Waals surface area contributed by atoms with E-state index in [9.17, 15) is 19.1 Å². The number of aryl methyl sites for hydroxylation is 1. The lowest BCUT2D eigenvalue weighted by atomic mass is 10.1. The summed E-state index contributed by atoms with van der Waals surface area (Å²) >= 11 is 0. The number of rotatable bonds is 5. The minimum atomic E-state index is -1.16. The number of nitrogens with zero attached hydrogens (tertiary/aromatic N) is 3. The Labute approximate surface area is 201 Å². The number of halogens is 1. The van der Waals surface area contributed by atoms with Crippen LogP contribution in [0.3, 0.4) is 0 Å². The number of anilines is 2. The number of carboxylic acid groups (broad SMARTS) is 1. The predicted molar refractivity (Wildman–Crippen MR) is 133 cm³/mol. The number of aromatic carboxylic acids is 1. The molecular weight excluding hydrogens is 447 g/mol. The van der Waals surface area contributed by atoms with Gasteiger partial charge >= 0.3 is 5.97 Å². The van der Waals surface area contributed by atoms with Crippen molar-refractivity contribution in [3.63, 3.8) is 0 Å². The van der Waals surface area contributed by atoms with Crippen molar-refractivity contribution in [1.82, 2.24) is 9.38 Å². The fourth-order valence-corrected chi connectivity index (χ4v) is 4.73. The van der Waals surface area contributed by atoms with E-state index in [-0.39, 0.29) is 16.8 Å². The molecule has 8 heteroatoms. The van der Waals surface area contributed by atoms with Crippen LogP contribution in [0, 0.1) is 19.7 Å². The molecule has 3 heterocycles. The first-order chi connectivity index (χ1) is 16.7. The van der Waals surface area contributed by atoms with Crippen LogP contribution in [0.15, 0.2) is 59.5 Å². The van der Waals surface area contributed by atoms with Crippen LogP contribution in [-0.2, 0) is 13.1 Å². The molecular formula is C27H25FN4O3.